The number of carbonyl (C=O) groups excluding carboxylic acids is 4. The van der Waals surface area contributed by atoms with E-state index in [-0.39, 0.29) is 53.3 Å². The lowest BCUT2D eigenvalue weighted by Crippen LogP contribution is -2.56. The van der Waals surface area contributed by atoms with Crippen LogP contribution in [-0.4, -0.2) is 78.7 Å². The molecule has 56 heavy (non-hydrogen) atoms. The normalized spacial score (nSPS) is 13.7. The molecule has 3 amide bonds. The largest absolute Gasteiger partial charge is 0.370 e. The van der Waals surface area contributed by atoms with Gasteiger partial charge in [0.1, 0.15) is 12.1 Å². The van der Waals surface area contributed by atoms with Crippen LogP contribution in [-0.2, 0) is 41.8 Å². The molecule has 0 spiro atoms. The van der Waals surface area contributed by atoms with Crippen LogP contribution in [0.25, 0.3) is 10.9 Å². The molecule has 1 heterocycles. The van der Waals surface area contributed by atoms with E-state index in [1.165, 1.54) is 0 Å². The van der Waals surface area contributed by atoms with Crippen LogP contribution in [0, 0.1) is 10.8 Å². The molecule has 0 unspecified atom stereocenters. The van der Waals surface area contributed by atoms with E-state index in [1.807, 2.05) is 6.29 Å². The first-order valence-corrected chi connectivity index (χ1v) is 19.8. The maximum atomic E-state index is 14.5. The fourth-order valence-electron chi connectivity index (χ4n) is 6.50. The highest BCUT2D eigenvalue weighted by molar-refractivity contribution is 5.95. The Hall–Kier alpha value is -4.66. The Morgan fingerprint density at radius 2 is 1.29 bits per heavy atom. The molecule has 15 nitrogen and oxygen atoms in total. The molecule has 0 aliphatic carbocycles. The van der Waals surface area contributed by atoms with Gasteiger partial charge in [-0.3, -0.25) is 30.0 Å². The highest BCUT2D eigenvalue weighted by Gasteiger charge is 2.33. The number of amides is 3. The van der Waals surface area contributed by atoms with Crippen molar-refractivity contribution in [2.24, 2.45) is 17.2 Å². The van der Waals surface area contributed by atoms with E-state index in [2.05, 4.69) is 106 Å². The second-order valence-corrected chi connectivity index (χ2v) is 17.8. The summed E-state index contributed by atoms with van der Waals surface area (Å²) >= 11 is 0. The summed E-state index contributed by atoms with van der Waals surface area (Å²) in [7, 11) is 0. The summed E-state index contributed by atoms with van der Waals surface area (Å²) in [6.07, 6.45) is 5.81. The molecule has 0 aliphatic rings. The monoisotopic (exact) mass is 781 g/mol. The number of benzene rings is 1. The Kier molecular flexibility index (Phi) is 17.8. The van der Waals surface area contributed by atoms with E-state index in [1.54, 1.807) is 0 Å². The highest BCUT2D eigenvalue weighted by atomic mass is 16.2. The number of nitrogens with two attached hydrogens (primary N) is 3. The van der Waals surface area contributed by atoms with Crippen molar-refractivity contribution in [3.05, 3.63) is 34.5 Å². The number of nitrogens with one attached hydrogen (secondary N) is 8. The fraction of sp³-hybridized carbons (Fsp3) is 0.659. The second-order valence-electron chi connectivity index (χ2n) is 17.8. The number of carbonyl (C=O) groups is 3. The van der Waals surface area contributed by atoms with Crippen LogP contribution in [0.2, 0.25) is 0 Å². The summed E-state index contributed by atoms with van der Waals surface area (Å²) in [5.41, 5.74) is 21.6. The zero-order valence-corrected chi connectivity index (χ0v) is 35.2. The Bertz CT molecular complexity index is 1660. The third kappa shape index (κ3) is 15.1. The minimum atomic E-state index is -1.11. The Labute approximate surface area is 333 Å². The summed E-state index contributed by atoms with van der Waals surface area (Å²) in [4.78, 5) is 56.1. The van der Waals surface area contributed by atoms with Crippen LogP contribution in [0.5, 0.6) is 0 Å². The molecular weight excluding hydrogens is 711 g/mol. The van der Waals surface area contributed by atoms with Crippen LogP contribution < -0.4 is 43.8 Å². The molecule has 0 bridgehead atoms. The van der Waals surface area contributed by atoms with Crippen molar-refractivity contribution in [3.8, 4) is 0 Å². The molecule has 0 saturated carbocycles. The molecule has 1 aromatic carbocycles. The topological polar surface area (TPSA) is 270 Å². The van der Waals surface area contributed by atoms with Crippen molar-refractivity contribution in [2.45, 2.75) is 154 Å². The van der Waals surface area contributed by atoms with Gasteiger partial charge in [-0.1, -0.05) is 74.8 Å². The van der Waals surface area contributed by atoms with E-state index in [0.29, 0.717) is 51.7 Å². The van der Waals surface area contributed by atoms with Gasteiger partial charge in [0.05, 0.1) is 6.04 Å². The van der Waals surface area contributed by atoms with Crippen molar-refractivity contribution >= 4 is 46.8 Å². The first-order valence-electron chi connectivity index (χ1n) is 19.8. The number of H-pyrrole nitrogens is 1. The average Bonchev–Trinajstić information content (AvgIpc) is 3.46. The van der Waals surface area contributed by atoms with Crippen molar-refractivity contribution in [3.63, 3.8) is 0 Å². The highest BCUT2D eigenvalue weighted by Crippen LogP contribution is 2.40. The predicted molar refractivity (Wildman–Crippen MR) is 225 cm³/mol. The van der Waals surface area contributed by atoms with Crippen LogP contribution in [0.3, 0.4) is 0 Å². The van der Waals surface area contributed by atoms with Gasteiger partial charge in [-0.15, -0.1) is 0 Å². The van der Waals surface area contributed by atoms with Crippen molar-refractivity contribution in [1.82, 2.24) is 31.6 Å². The molecule has 15 heteroatoms. The summed E-state index contributed by atoms with van der Waals surface area (Å²) in [5, 5.41) is 30.1. The Morgan fingerprint density at radius 1 is 0.714 bits per heavy atom. The first-order chi connectivity index (χ1) is 26.0. The first kappa shape index (κ1) is 47.5. The number of aromatic amines is 1. The molecule has 0 saturated heterocycles. The smallest absolute Gasteiger partial charge is 0.243 e. The lowest BCUT2D eigenvalue weighted by molar-refractivity contribution is -0.132. The van der Waals surface area contributed by atoms with Gasteiger partial charge < -0.3 is 48.8 Å². The van der Waals surface area contributed by atoms with Gasteiger partial charge in [-0.25, -0.2) is 0 Å². The van der Waals surface area contributed by atoms with Gasteiger partial charge >= 0.3 is 0 Å². The number of rotatable bonds is 21. The molecule has 0 fully saturated rings. The zero-order chi connectivity index (χ0) is 42.4. The average molecular weight is 781 g/mol. The molecule has 2 rings (SSSR count). The maximum absolute atomic E-state index is 14.5. The van der Waals surface area contributed by atoms with E-state index < -0.39 is 29.9 Å². The molecule has 3 atom stereocenters. The molecule has 1 aromatic heterocycles. The predicted octanol–water partition coefficient (Wildman–Crippen LogP) is 3.21. The molecule has 313 valence electrons. The van der Waals surface area contributed by atoms with Crippen LogP contribution in [0.15, 0.2) is 12.1 Å². The lowest BCUT2D eigenvalue weighted by Gasteiger charge is -2.27. The third-order valence-corrected chi connectivity index (χ3v) is 9.70. The maximum Gasteiger partial charge on any atom is 0.243 e. The van der Waals surface area contributed by atoms with Gasteiger partial charge in [-0.05, 0) is 72.1 Å². The van der Waals surface area contributed by atoms with Crippen LogP contribution >= 0.6 is 0 Å². The van der Waals surface area contributed by atoms with Crippen LogP contribution in [0.1, 0.15) is 136 Å². The van der Waals surface area contributed by atoms with E-state index in [9.17, 15) is 19.2 Å². The number of hydrogen-bond donors (Lipinski definition) is 11. The van der Waals surface area contributed by atoms with Gasteiger partial charge in [0.15, 0.2) is 18.2 Å². The molecule has 2 aromatic rings. The minimum absolute atomic E-state index is 0.119. The number of fused-ring (bicyclic) bond motifs is 1. The molecule has 14 N–H and O–H groups in total. The standard InChI is InChI=1S/C41H70N11O4/c1-39(2,3)25-22-26-27(33(41(7,8)9)52-32(26)28(23-25)40(4,5)6)24-31(51-34(54)29(42)16-14-19-48-37(43)44)36(56)50-30(17-15-20-49-38(45)46)35(55)47-18-12-10-11-13-21-53/h22-23,29-31,52H,10-20,24,42H2,1-9H3,(H,47,55)(H,50,56)(H,51,54)(H4,43,44,48)(H4,45,46,49)/t29-,30-,31-/m0/s1. The number of unbranched alkanes of at least 4 members (excludes halogenated alkanes) is 3. The summed E-state index contributed by atoms with van der Waals surface area (Å²) in [6, 6.07) is 1.44. The van der Waals surface area contributed by atoms with Crippen molar-refractivity contribution in [2.75, 3.05) is 19.6 Å². The summed E-state index contributed by atoms with van der Waals surface area (Å²) in [5.74, 6) is -1.81. The van der Waals surface area contributed by atoms with Crippen molar-refractivity contribution < 1.29 is 19.2 Å². The Morgan fingerprint density at radius 3 is 1.82 bits per heavy atom. The molecule has 1 radical (unpaired) electrons. The SMILES string of the molecule is CC(C)(C)c1cc(C(C)(C)C)c2[nH]c(C(C)(C)C)c(C[C@H](NC(=O)[C@@H](N)CCCNC(=N)N)C(=O)N[C@@H](CCCNC(=N)N)C(=O)NCCCCC[C]=O)c2c1. The second kappa shape index (κ2) is 21.0. The minimum Gasteiger partial charge on any atom is -0.370 e. The van der Waals surface area contributed by atoms with Gasteiger partial charge in [-0.2, -0.15) is 0 Å². The van der Waals surface area contributed by atoms with Crippen LogP contribution in [0.4, 0.5) is 0 Å². The summed E-state index contributed by atoms with van der Waals surface area (Å²) < 4.78 is 0. The quantitative estimate of drug-likeness (QED) is 0.0504. The van der Waals surface area contributed by atoms with E-state index in [0.717, 1.165) is 39.7 Å². The van der Waals surface area contributed by atoms with Gasteiger partial charge in [0.25, 0.3) is 0 Å². The van der Waals surface area contributed by atoms with Gasteiger partial charge in [0.2, 0.25) is 17.7 Å². The Balaban J connectivity index is 2.64. The molecule has 0 aliphatic heterocycles. The number of guanidine groups is 2. The van der Waals surface area contributed by atoms with E-state index >= 15 is 0 Å². The van der Waals surface area contributed by atoms with Crippen molar-refractivity contribution in [1.29, 1.82) is 10.8 Å². The number of aromatic nitrogens is 1. The number of hydrogen-bond acceptors (Lipinski definition) is 7. The van der Waals surface area contributed by atoms with E-state index in [4.69, 9.17) is 28.0 Å². The molecular formula is C41H70N11O4. The third-order valence-electron chi connectivity index (χ3n) is 9.70. The summed E-state index contributed by atoms with van der Waals surface area (Å²) in [6.45, 7) is 20.4. The van der Waals surface area contributed by atoms with Gasteiger partial charge in [0, 0.05) is 54.5 Å². The lowest BCUT2D eigenvalue weighted by atomic mass is 9.78. The zero-order valence-electron chi connectivity index (χ0n) is 35.2. The fourth-order valence-corrected chi connectivity index (χ4v) is 6.50.